The van der Waals surface area contributed by atoms with E-state index in [0.29, 0.717) is 17.2 Å². The Morgan fingerprint density at radius 1 is 1.32 bits per heavy atom. The molecule has 1 saturated carbocycles. The molecule has 4 rings (SSSR count). The first-order valence-corrected chi connectivity index (χ1v) is 11.1. The number of fused-ring (bicyclic) bond motifs is 1. The molecule has 5 nitrogen and oxygen atoms in total. The molecule has 0 radical (unpaired) electrons. The summed E-state index contributed by atoms with van der Waals surface area (Å²) in [6.07, 6.45) is 5.85. The fourth-order valence-corrected chi connectivity index (χ4v) is 5.59. The summed E-state index contributed by atoms with van der Waals surface area (Å²) in [5, 5.41) is 5.61. The standard InChI is InChI=1S/C22H27N3O2S/c1-3-4-13-25-20(27)17-10-6-5-9-16(17)18(22(25)11-7-8-12-22)19(26)24-21-23-15(2)14-28-21/h5-6,9-10,14,18H,3-4,7-8,11-13H2,1-2H3,(H,23,24,26)/t18-/m0/s1. The molecular formula is C22H27N3O2S. The number of nitrogens with zero attached hydrogens (tertiary/aromatic N) is 2. The first-order chi connectivity index (χ1) is 13.6. The molecule has 1 spiro atoms. The molecule has 6 heteroatoms. The summed E-state index contributed by atoms with van der Waals surface area (Å²) in [6.45, 7) is 4.77. The highest BCUT2D eigenvalue weighted by molar-refractivity contribution is 7.13. The Hall–Kier alpha value is -2.21. The molecule has 1 aromatic carbocycles. The summed E-state index contributed by atoms with van der Waals surface area (Å²) in [6, 6.07) is 7.65. The van der Waals surface area contributed by atoms with Crippen molar-refractivity contribution >= 4 is 28.3 Å². The van der Waals surface area contributed by atoms with Crippen molar-refractivity contribution in [3.63, 3.8) is 0 Å². The Morgan fingerprint density at radius 2 is 2.07 bits per heavy atom. The number of thiazole rings is 1. The van der Waals surface area contributed by atoms with Crippen LogP contribution < -0.4 is 5.32 Å². The quantitative estimate of drug-likeness (QED) is 0.792. The molecule has 28 heavy (non-hydrogen) atoms. The fraction of sp³-hybridized carbons (Fsp3) is 0.500. The van der Waals surface area contributed by atoms with Crippen molar-refractivity contribution in [1.82, 2.24) is 9.88 Å². The smallest absolute Gasteiger partial charge is 0.254 e. The van der Waals surface area contributed by atoms with Crippen molar-refractivity contribution in [1.29, 1.82) is 0 Å². The predicted octanol–water partition coefficient (Wildman–Crippen LogP) is 4.74. The number of carbonyl (C=O) groups excluding carboxylic acids is 2. The lowest BCUT2D eigenvalue weighted by atomic mass is 9.71. The molecule has 1 aromatic heterocycles. The van der Waals surface area contributed by atoms with E-state index in [2.05, 4.69) is 17.2 Å². The highest BCUT2D eigenvalue weighted by atomic mass is 32.1. The van der Waals surface area contributed by atoms with Crippen LogP contribution in [-0.4, -0.2) is 33.8 Å². The lowest BCUT2D eigenvalue weighted by Gasteiger charge is -2.50. The normalized spacial score (nSPS) is 20.4. The summed E-state index contributed by atoms with van der Waals surface area (Å²) in [4.78, 5) is 33.4. The molecule has 2 aromatic rings. The van der Waals surface area contributed by atoms with Gasteiger partial charge in [0.1, 0.15) is 0 Å². The van der Waals surface area contributed by atoms with Gasteiger partial charge in [-0.2, -0.15) is 0 Å². The van der Waals surface area contributed by atoms with Crippen LogP contribution in [0.1, 0.15) is 73.0 Å². The third-order valence-electron chi connectivity index (χ3n) is 6.14. The van der Waals surface area contributed by atoms with Gasteiger partial charge in [0.05, 0.1) is 17.2 Å². The third kappa shape index (κ3) is 3.13. The number of carbonyl (C=O) groups is 2. The number of aryl methyl sites for hydroxylation is 1. The molecule has 1 aliphatic heterocycles. The summed E-state index contributed by atoms with van der Waals surface area (Å²) in [7, 11) is 0. The highest BCUT2D eigenvalue weighted by Crippen LogP contribution is 2.50. The molecule has 1 atom stereocenters. The number of aromatic nitrogens is 1. The largest absolute Gasteiger partial charge is 0.332 e. The van der Waals surface area contributed by atoms with E-state index in [1.807, 2.05) is 41.5 Å². The Bertz CT molecular complexity index is 885. The van der Waals surface area contributed by atoms with Crippen LogP contribution in [0, 0.1) is 6.92 Å². The molecular weight excluding hydrogens is 370 g/mol. The molecule has 1 fully saturated rings. The fourth-order valence-electron chi connectivity index (χ4n) is 4.90. The van der Waals surface area contributed by atoms with Crippen LogP contribution >= 0.6 is 11.3 Å². The molecule has 148 valence electrons. The summed E-state index contributed by atoms with van der Waals surface area (Å²) < 4.78 is 0. The third-order valence-corrected chi connectivity index (χ3v) is 7.01. The second-order valence-corrected chi connectivity index (χ2v) is 8.78. The number of unbranched alkanes of at least 4 members (excludes halogenated alkanes) is 1. The maximum absolute atomic E-state index is 13.5. The summed E-state index contributed by atoms with van der Waals surface area (Å²) >= 11 is 1.45. The van der Waals surface area contributed by atoms with Gasteiger partial charge in [0, 0.05) is 17.5 Å². The average molecular weight is 398 g/mol. The molecule has 2 aliphatic rings. The zero-order chi connectivity index (χ0) is 19.7. The van der Waals surface area contributed by atoms with E-state index in [-0.39, 0.29) is 17.7 Å². The predicted molar refractivity (Wildman–Crippen MR) is 112 cm³/mol. The second kappa shape index (κ2) is 7.66. The van der Waals surface area contributed by atoms with E-state index in [1.165, 1.54) is 11.3 Å². The van der Waals surface area contributed by atoms with Gasteiger partial charge in [0.2, 0.25) is 5.91 Å². The Kier molecular flexibility index (Phi) is 5.23. The first kappa shape index (κ1) is 19.1. The van der Waals surface area contributed by atoms with Crippen LogP contribution in [0.5, 0.6) is 0 Å². The van der Waals surface area contributed by atoms with Crippen molar-refractivity contribution in [2.45, 2.75) is 63.8 Å². The number of hydrogen-bond donors (Lipinski definition) is 1. The van der Waals surface area contributed by atoms with Crippen LogP contribution in [0.25, 0.3) is 0 Å². The van der Waals surface area contributed by atoms with Crippen LogP contribution in [-0.2, 0) is 4.79 Å². The monoisotopic (exact) mass is 397 g/mol. The van der Waals surface area contributed by atoms with Gasteiger partial charge in [-0.25, -0.2) is 4.98 Å². The Labute approximate surface area is 170 Å². The number of amides is 2. The van der Waals surface area contributed by atoms with Crippen molar-refractivity contribution in [3.05, 3.63) is 46.5 Å². The molecule has 1 aliphatic carbocycles. The van der Waals surface area contributed by atoms with Crippen molar-refractivity contribution in [2.24, 2.45) is 0 Å². The maximum Gasteiger partial charge on any atom is 0.254 e. The topological polar surface area (TPSA) is 62.3 Å². The van der Waals surface area contributed by atoms with Gasteiger partial charge in [-0.15, -0.1) is 11.3 Å². The average Bonchev–Trinajstić information content (AvgIpc) is 3.32. The van der Waals surface area contributed by atoms with Crippen molar-refractivity contribution in [2.75, 3.05) is 11.9 Å². The van der Waals surface area contributed by atoms with Crippen molar-refractivity contribution < 1.29 is 9.59 Å². The van der Waals surface area contributed by atoms with Crippen LogP contribution in [0.2, 0.25) is 0 Å². The zero-order valence-corrected chi connectivity index (χ0v) is 17.3. The highest BCUT2D eigenvalue weighted by Gasteiger charge is 2.55. The van der Waals surface area contributed by atoms with Crippen LogP contribution in [0.3, 0.4) is 0 Å². The van der Waals surface area contributed by atoms with E-state index in [9.17, 15) is 9.59 Å². The Balaban J connectivity index is 1.79. The van der Waals surface area contributed by atoms with Crippen LogP contribution in [0.4, 0.5) is 5.13 Å². The number of anilines is 1. The molecule has 0 unspecified atom stereocenters. The number of benzene rings is 1. The van der Waals surface area contributed by atoms with Gasteiger partial charge in [-0.3, -0.25) is 9.59 Å². The minimum absolute atomic E-state index is 0.0438. The number of hydrogen-bond acceptors (Lipinski definition) is 4. The number of nitrogens with one attached hydrogen (secondary N) is 1. The van der Waals surface area contributed by atoms with Crippen LogP contribution in [0.15, 0.2) is 29.6 Å². The lowest BCUT2D eigenvalue weighted by molar-refractivity contribution is -0.121. The van der Waals surface area contributed by atoms with Gasteiger partial charge in [-0.05, 0) is 37.8 Å². The minimum Gasteiger partial charge on any atom is -0.332 e. The molecule has 2 amide bonds. The molecule has 1 N–H and O–H groups in total. The van der Waals surface area contributed by atoms with Gasteiger partial charge >= 0.3 is 0 Å². The van der Waals surface area contributed by atoms with E-state index in [4.69, 9.17) is 0 Å². The van der Waals surface area contributed by atoms with Gasteiger partial charge in [0.15, 0.2) is 5.13 Å². The van der Waals surface area contributed by atoms with E-state index in [0.717, 1.165) is 49.8 Å². The van der Waals surface area contributed by atoms with Crippen molar-refractivity contribution in [3.8, 4) is 0 Å². The number of rotatable bonds is 5. The van der Waals surface area contributed by atoms with Gasteiger partial charge in [-0.1, -0.05) is 44.4 Å². The summed E-state index contributed by atoms with van der Waals surface area (Å²) in [5.74, 6) is -0.317. The summed E-state index contributed by atoms with van der Waals surface area (Å²) in [5.41, 5.74) is 2.02. The zero-order valence-electron chi connectivity index (χ0n) is 16.5. The second-order valence-electron chi connectivity index (χ2n) is 7.92. The minimum atomic E-state index is -0.420. The Morgan fingerprint density at radius 3 is 2.75 bits per heavy atom. The maximum atomic E-state index is 13.5. The van der Waals surface area contributed by atoms with Gasteiger partial charge in [0.25, 0.3) is 5.91 Å². The first-order valence-electron chi connectivity index (χ1n) is 10.2. The lowest BCUT2D eigenvalue weighted by Crippen LogP contribution is -2.60. The molecule has 2 heterocycles. The van der Waals surface area contributed by atoms with E-state index >= 15 is 0 Å². The SMILES string of the molecule is CCCCN1C(=O)c2ccccc2[C@@H](C(=O)Nc2nc(C)cs2)C12CCCC2. The van der Waals surface area contributed by atoms with Gasteiger partial charge < -0.3 is 10.2 Å². The molecule has 0 saturated heterocycles. The molecule has 0 bridgehead atoms. The van der Waals surface area contributed by atoms with E-state index < -0.39 is 5.54 Å². The van der Waals surface area contributed by atoms with E-state index in [1.54, 1.807) is 0 Å².